The third-order valence-corrected chi connectivity index (χ3v) is 4.05. The highest BCUT2D eigenvalue weighted by Gasteiger charge is 2.15. The minimum Gasteiger partial charge on any atom is -0.395 e. The number of aliphatic hydroxyl groups is 1. The average Bonchev–Trinajstić information content (AvgIpc) is 2.46. The second-order valence-electron chi connectivity index (χ2n) is 4.27. The summed E-state index contributed by atoms with van der Waals surface area (Å²) < 4.78 is 11.3. The molecular formula is C11H21NO3S. The second kappa shape index (κ2) is 7.79. The van der Waals surface area contributed by atoms with Crippen molar-refractivity contribution in [2.45, 2.75) is 44.6 Å². The normalized spacial score (nSPS) is 20.1. The summed E-state index contributed by atoms with van der Waals surface area (Å²) in [7, 11) is -1.22. The maximum atomic E-state index is 11.5. The Balaban J connectivity index is 2.24. The Morgan fingerprint density at radius 2 is 1.88 bits per heavy atom. The molecule has 1 rings (SSSR count). The van der Waals surface area contributed by atoms with E-state index in [1.807, 2.05) is 0 Å². The van der Waals surface area contributed by atoms with Gasteiger partial charge in [-0.3, -0.25) is 9.00 Å². The number of aliphatic hydroxyl groups excluding tert-OH is 1. The highest BCUT2D eigenvalue weighted by Crippen LogP contribution is 2.16. The van der Waals surface area contributed by atoms with Gasteiger partial charge >= 0.3 is 0 Å². The van der Waals surface area contributed by atoms with E-state index < -0.39 is 10.8 Å². The highest BCUT2D eigenvalue weighted by atomic mass is 32.2. The van der Waals surface area contributed by atoms with E-state index in [4.69, 9.17) is 5.11 Å². The molecule has 1 aliphatic rings. The van der Waals surface area contributed by atoms with Gasteiger partial charge < -0.3 is 10.4 Å². The van der Waals surface area contributed by atoms with Gasteiger partial charge in [-0.25, -0.2) is 0 Å². The smallest absolute Gasteiger partial charge is 0.232 e. The molecule has 1 atom stereocenters. The molecule has 0 bridgehead atoms. The second-order valence-corrected chi connectivity index (χ2v) is 5.84. The first-order valence-electron chi connectivity index (χ1n) is 5.97. The molecule has 2 N–H and O–H groups in total. The summed E-state index contributed by atoms with van der Waals surface area (Å²) in [5.74, 6) is 0.0773. The summed E-state index contributed by atoms with van der Waals surface area (Å²) >= 11 is 0. The number of hydrogen-bond donors (Lipinski definition) is 2. The van der Waals surface area contributed by atoms with Crippen LogP contribution in [0.3, 0.4) is 0 Å². The van der Waals surface area contributed by atoms with Crippen molar-refractivity contribution in [1.29, 1.82) is 0 Å². The van der Waals surface area contributed by atoms with Gasteiger partial charge in [0.15, 0.2) is 0 Å². The molecule has 0 unspecified atom stereocenters. The van der Waals surface area contributed by atoms with Gasteiger partial charge in [-0.2, -0.15) is 0 Å². The monoisotopic (exact) mass is 247 g/mol. The van der Waals surface area contributed by atoms with Gasteiger partial charge in [0.2, 0.25) is 5.91 Å². The summed E-state index contributed by atoms with van der Waals surface area (Å²) in [6.45, 7) is -0.122. The SMILES string of the molecule is O=C(C[S@](=O)CCO)NC1CCCCCC1. The zero-order valence-corrected chi connectivity index (χ0v) is 10.4. The standard InChI is InChI=1S/C11H21NO3S/c13-7-8-16(15)9-11(14)12-10-5-3-1-2-4-6-10/h10,13H,1-9H2,(H,12,14)/t16-/m1/s1. The zero-order valence-electron chi connectivity index (χ0n) is 9.61. The molecule has 1 amide bonds. The zero-order chi connectivity index (χ0) is 11.8. The van der Waals surface area contributed by atoms with E-state index in [9.17, 15) is 9.00 Å². The average molecular weight is 247 g/mol. The molecule has 1 fully saturated rings. The summed E-state index contributed by atoms with van der Waals surface area (Å²) in [5, 5.41) is 11.5. The van der Waals surface area contributed by atoms with Gasteiger partial charge in [0.1, 0.15) is 5.75 Å². The first-order valence-corrected chi connectivity index (χ1v) is 7.46. The van der Waals surface area contributed by atoms with Crippen LogP contribution in [0, 0.1) is 0 Å². The van der Waals surface area contributed by atoms with E-state index in [0.29, 0.717) is 0 Å². The first-order chi connectivity index (χ1) is 7.72. The lowest BCUT2D eigenvalue weighted by Gasteiger charge is -2.15. The van der Waals surface area contributed by atoms with Crippen molar-refractivity contribution in [1.82, 2.24) is 5.32 Å². The molecule has 0 aromatic carbocycles. The molecule has 16 heavy (non-hydrogen) atoms. The van der Waals surface area contributed by atoms with Gasteiger partial charge in [-0.15, -0.1) is 0 Å². The first kappa shape index (κ1) is 13.6. The van der Waals surface area contributed by atoms with Crippen molar-refractivity contribution in [3.05, 3.63) is 0 Å². The van der Waals surface area contributed by atoms with Crippen LogP contribution in [0.2, 0.25) is 0 Å². The summed E-state index contributed by atoms with van der Waals surface area (Å²) in [6, 6.07) is 0.265. The largest absolute Gasteiger partial charge is 0.395 e. The van der Waals surface area contributed by atoms with Gasteiger partial charge in [-0.05, 0) is 12.8 Å². The van der Waals surface area contributed by atoms with E-state index in [1.165, 1.54) is 25.7 Å². The van der Waals surface area contributed by atoms with Gasteiger partial charge in [0.25, 0.3) is 0 Å². The molecule has 4 nitrogen and oxygen atoms in total. The Morgan fingerprint density at radius 1 is 1.25 bits per heavy atom. The number of amides is 1. The topological polar surface area (TPSA) is 66.4 Å². The van der Waals surface area contributed by atoms with Crippen LogP contribution in [0.5, 0.6) is 0 Å². The Labute approximate surface area is 99.3 Å². The number of hydrogen-bond acceptors (Lipinski definition) is 3. The minimum absolute atomic E-state index is 0.0249. The fourth-order valence-electron chi connectivity index (χ4n) is 2.01. The molecule has 1 aliphatic carbocycles. The van der Waals surface area contributed by atoms with Crippen LogP contribution in [-0.4, -0.2) is 39.4 Å². The third kappa shape index (κ3) is 5.61. The molecule has 0 aromatic heterocycles. The molecule has 0 saturated heterocycles. The van der Waals surface area contributed by atoms with Gasteiger partial charge in [0, 0.05) is 22.6 Å². The van der Waals surface area contributed by atoms with Crippen molar-refractivity contribution in [3.63, 3.8) is 0 Å². The van der Waals surface area contributed by atoms with Crippen molar-refractivity contribution >= 4 is 16.7 Å². The molecule has 0 heterocycles. The highest BCUT2D eigenvalue weighted by molar-refractivity contribution is 7.85. The number of rotatable bonds is 5. The van der Waals surface area contributed by atoms with E-state index in [2.05, 4.69) is 5.32 Å². The molecule has 0 aliphatic heterocycles. The lowest BCUT2D eigenvalue weighted by Crippen LogP contribution is -2.37. The van der Waals surface area contributed by atoms with Gasteiger partial charge in [0.05, 0.1) is 6.61 Å². The third-order valence-electron chi connectivity index (χ3n) is 2.83. The number of nitrogens with one attached hydrogen (secondary N) is 1. The molecule has 94 valence electrons. The number of carbonyl (C=O) groups excluding carboxylic acids is 1. The molecule has 1 saturated carbocycles. The van der Waals surface area contributed by atoms with E-state index in [-0.39, 0.29) is 30.1 Å². The van der Waals surface area contributed by atoms with Crippen LogP contribution in [0.15, 0.2) is 0 Å². The lowest BCUT2D eigenvalue weighted by atomic mass is 10.1. The Hall–Kier alpha value is -0.420. The maximum absolute atomic E-state index is 11.5. The Kier molecular flexibility index (Phi) is 6.64. The molecular weight excluding hydrogens is 226 g/mol. The molecule has 5 heteroatoms. The van der Waals surface area contributed by atoms with Crippen LogP contribution in [-0.2, 0) is 15.6 Å². The predicted octanol–water partition coefficient (Wildman–Crippen LogP) is 0.566. The molecule has 0 aromatic rings. The lowest BCUT2D eigenvalue weighted by molar-refractivity contribution is -0.119. The Morgan fingerprint density at radius 3 is 2.44 bits per heavy atom. The Bertz CT molecular complexity index is 237. The van der Waals surface area contributed by atoms with Crippen LogP contribution >= 0.6 is 0 Å². The maximum Gasteiger partial charge on any atom is 0.232 e. The van der Waals surface area contributed by atoms with E-state index >= 15 is 0 Å². The summed E-state index contributed by atoms with van der Waals surface area (Å²) in [5.41, 5.74) is 0. The molecule has 0 spiro atoms. The minimum atomic E-state index is -1.22. The van der Waals surface area contributed by atoms with Crippen LogP contribution in [0.1, 0.15) is 38.5 Å². The van der Waals surface area contributed by atoms with E-state index in [0.717, 1.165) is 12.8 Å². The van der Waals surface area contributed by atoms with Crippen molar-refractivity contribution in [3.8, 4) is 0 Å². The van der Waals surface area contributed by atoms with Crippen molar-refractivity contribution in [2.75, 3.05) is 18.1 Å². The quantitative estimate of drug-likeness (QED) is 0.698. The van der Waals surface area contributed by atoms with Crippen molar-refractivity contribution < 1.29 is 14.1 Å². The summed E-state index contributed by atoms with van der Waals surface area (Å²) in [6.07, 6.45) is 6.93. The van der Waals surface area contributed by atoms with Crippen LogP contribution < -0.4 is 5.32 Å². The predicted molar refractivity (Wildman–Crippen MR) is 64.6 cm³/mol. The summed E-state index contributed by atoms with van der Waals surface area (Å²) in [4.78, 5) is 11.5. The molecule has 0 radical (unpaired) electrons. The van der Waals surface area contributed by atoms with E-state index in [1.54, 1.807) is 0 Å². The van der Waals surface area contributed by atoms with Crippen molar-refractivity contribution in [2.24, 2.45) is 0 Å². The van der Waals surface area contributed by atoms with Crippen LogP contribution in [0.4, 0.5) is 0 Å². The van der Waals surface area contributed by atoms with Gasteiger partial charge in [-0.1, -0.05) is 25.7 Å². The fourth-order valence-corrected chi connectivity index (χ4v) is 2.74. The van der Waals surface area contributed by atoms with Crippen LogP contribution in [0.25, 0.3) is 0 Å². The fraction of sp³-hybridized carbons (Fsp3) is 0.909. The number of carbonyl (C=O) groups is 1.